The predicted octanol–water partition coefficient (Wildman–Crippen LogP) is 4.77. The van der Waals surface area contributed by atoms with E-state index in [4.69, 9.17) is 4.42 Å². The molecular weight excluding hydrogens is 333 g/mol. The number of anilines is 1. The van der Waals surface area contributed by atoms with Gasteiger partial charge in [0.1, 0.15) is 5.52 Å². The number of aromatic nitrogens is 1. The van der Waals surface area contributed by atoms with Crippen LogP contribution in [0.4, 0.5) is 19.2 Å². The van der Waals surface area contributed by atoms with Crippen LogP contribution in [0.3, 0.4) is 0 Å². The van der Waals surface area contributed by atoms with Gasteiger partial charge in [-0.15, -0.1) is 0 Å². The van der Waals surface area contributed by atoms with Gasteiger partial charge in [-0.3, -0.25) is 0 Å². The van der Waals surface area contributed by atoms with E-state index < -0.39 is 23.9 Å². The fourth-order valence-corrected chi connectivity index (χ4v) is 2.60. The average molecular weight is 350 g/mol. The minimum Gasteiger partial charge on any atom is -0.424 e. The van der Waals surface area contributed by atoms with Crippen molar-refractivity contribution in [1.29, 1.82) is 0 Å². The highest BCUT2D eigenvalue weighted by molar-refractivity contribution is 5.74. The molecule has 1 heterocycles. The molecule has 0 radical (unpaired) electrons. The molecule has 4 nitrogen and oxygen atoms in total. The first-order valence-corrected chi connectivity index (χ1v) is 7.86. The number of rotatable bonds is 5. The lowest BCUT2D eigenvalue weighted by Crippen LogP contribution is -2.27. The summed E-state index contributed by atoms with van der Waals surface area (Å²) >= 11 is 0. The number of oxazole rings is 1. The van der Waals surface area contributed by atoms with Gasteiger partial charge < -0.3 is 14.8 Å². The van der Waals surface area contributed by atoms with E-state index in [0.29, 0.717) is 23.1 Å². The van der Waals surface area contributed by atoms with E-state index in [1.54, 1.807) is 12.1 Å². The molecule has 0 aliphatic heterocycles. The van der Waals surface area contributed by atoms with Crippen LogP contribution in [0.2, 0.25) is 0 Å². The maximum atomic E-state index is 12.6. The number of halogens is 3. The van der Waals surface area contributed by atoms with Gasteiger partial charge in [0.25, 0.3) is 6.01 Å². The lowest BCUT2D eigenvalue weighted by atomic mass is 9.99. The Kier molecular flexibility index (Phi) is 4.67. The highest BCUT2D eigenvalue weighted by Crippen LogP contribution is 2.31. The number of nitrogens with zero attached hydrogens (tertiary/aromatic N) is 1. The predicted molar refractivity (Wildman–Crippen MR) is 88.1 cm³/mol. The summed E-state index contributed by atoms with van der Waals surface area (Å²) in [5.41, 5.74) is 0.944. The molecule has 0 fully saturated rings. The molecule has 132 valence electrons. The monoisotopic (exact) mass is 350 g/mol. The fourth-order valence-electron chi connectivity index (χ4n) is 2.60. The second kappa shape index (κ2) is 6.76. The number of aliphatic hydroxyl groups excluding tert-OH is 1. The number of nitrogens with one attached hydrogen (secondary N) is 1. The van der Waals surface area contributed by atoms with E-state index >= 15 is 0 Å². The topological polar surface area (TPSA) is 58.3 Å². The van der Waals surface area contributed by atoms with Gasteiger partial charge >= 0.3 is 6.18 Å². The van der Waals surface area contributed by atoms with Crippen molar-refractivity contribution in [3.63, 3.8) is 0 Å². The summed E-state index contributed by atoms with van der Waals surface area (Å²) in [7, 11) is 0. The molecule has 1 aromatic heterocycles. The van der Waals surface area contributed by atoms with Crippen LogP contribution in [0.5, 0.6) is 0 Å². The van der Waals surface area contributed by atoms with Gasteiger partial charge in [-0.2, -0.15) is 18.2 Å². The average Bonchev–Trinajstić information content (AvgIpc) is 3.01. The first-order valence-electron chi connectivity index (χ1n) is 7.86. The second-order valence-corrected chi connectivity index (χ2v) is 5.71. The Morgan fingerprint density at radius 1 is 1.12 bits per heavy atom. The van der Waals surface area contributed by atoms with Crippen molar-refractivity contribution >= 4 is 17.1 Å². The van der Waals surface area contributed by atoms with E-state index in [0.717, 1.165) is 12.1 Å². The number of alkyl halides is 3. The molecule has 0 amide bonds. The number of para-hydroxylation sites is 2. The summed E-state index contributed by atoms with van der Waals surface area (Å²) in [6, 6.07) is 11.5. The lowest BCUT2D eigenvalue weighted by molar-refractivity contribution is -0.137. The van der Waals surface area contributed by atoms with Crippen LogP contribution in [0.15, 0.2) is 52.9 Å². The van der Waals surface area contributed by atoms with E-state index in [2.05, 4.69) is 10.3 Å². The minimum atomic E-state index is -4.40. The molecule has 0 saturated carbocycles. The maximum Gasteiger partial charge on any atom is 0.416 e. The van der Waals surface area contributed by atoms with Gasteiger partial charge in [0, 0.05) is 0 Å². The number of hydrogen-bond acceptors (Lipinski definition) is 4. The zero-order valence-corrected chi connectivity index (χ0v) is 13.4. The third-order valence-electron chi connectivity index (χ3n) is 4.00. The Balaban J connectivity index is 1.77. The van der Waals surface area contributed by atoms with Gasteiger partial charge in [0.05, 0.1) is 17.7 Å². The lowest BCUT2D eigenvalue weighted by Gasteiger charge is -2.22. The molecule has 2 atom stereocenters. The Bertz CT molecular complexity index is 810. The Hall–Kier alpha value is -2.54. The number of hydrogen-bond donors (Lipinski definition) is 2. The molecule has 7 heteroatoms. The van der Waals surface area contributed by atoms with Gasteiger partial charge in [0.2, 0.25) is 0 Å². The summed E-state index contributed by atoms with van der Waals surface area (Å²) in [5.74, 6) is 0. The molecular formula is C18H17F3N2O2. The van der Waals surface area contributed by atoms with Crippen LogP contribution in [-0.2, 0) is 6.18 Å². The maximum absolute atomic E-state index is 12.6. The van der Waals surface area contributed by atoms with Crippen molar-refractivity contribution in [3.05, 3.63) is 59.7 Å². The molecule has 2 unspecified atom stereocenters. The van der Waals surface area contributed by atoms with Crippen molar-refractivity contribution in [3.8, 4) is 0 Å². The van der Waals surface area contributed by atoms with Crippen molar-refractivity contribution in [2.24, 2.45) is 0 Å². The number of fused-ring (bicyclic) bond motifs is 1. The van der Waals surface area contributed by atoms with E-state index in [1.807, 2.05) is 19.1 Å². The normalized spacial score (nSPS) is 14.4. The summed E-state index contributed by atoms with van der Waals surface area (Å²) in [5, 5.41) is 13.5. The van der Waals surface area contributed by atoms with Crippen LogP contribution in [-0.4, -0.2) is 16.1 Å². The molecule has 0 aliphatic carbocycles. The second-order valence-electron chi connectivity index (χ2n) is 5.71. The third kappa shape index (κ3) is 3.76. The number of aliphatic hydroxyl groups is 1. The Morgan fingerprint density at radius 2 is 1.80 bits per heavy atom. The van der Waals surface area contributed by atoms with Crippen molar-refractivity contribution in [1.82, 2.24) is 4.98 Å². The zero-order valence-electron chi connectivity index (χ0n) is 13.4. The molecule has 3 rings (SSSR count). The largest absolute Gasteiger partial charge is 0.424 e. The van der Waals surface area contributed by atoms with Crippen molar-refractivity contribution in [2.45, 2.75) is 31.7 Å². The van der Waals surface area contributed by atoms with Crippen LogP contribution in [0.25, 0.3) is 11.1 Å². The third-order valence-corrected chi connectivity index (χ3v) is 4.00. The highest BCUT2D eigenvalue weighted by Gasteiger charge is 2.30. The van der Waals surface area contributed by atoms with Crippen LogP contribution < -0.4 is 5.32 Å². The van der Waals surface area contributed by atoms with Crippen molar-refractivity contribution < 1.29 is 22.7 Å². The summed E-state index contributed by atoms with van der Waals surface area (Å²) in [4.78, 5) is 4.29. The molecule has 0 spiro atoms. The summed E-state index contributed by atoms with van der Waals surface area (Å²) < 4.78 is 43.5. The van der Waals surface area contributed by atoms with E-state index in [1.165, 1.54) is 12.1 Å². The van der Waals surface area contributed by atoms with Gasteiger partial charge in [-0.25, -0.2) is 0 Å². The molecule has 0 aliphatic rings. The standard InChI is InChI=1S/C18H17F3N2O2/c1-2-13(22-17-23-14-5-3-4-6-15(14)25-17)16(24)11-7-9-12(10-8-11)18(19,20)21/h3-10,13,16,24H,2H2,1H3,(H,22,23). The van der Waals surface area contributed by atoms with Crippen molar-refractivity contribution in [2.75, 3.05) is 5.32 Å². The molecule has 0 bridgehead atoms. The Morgan fingerprint density at radius 3 is 2.40 bits per heavy atom. The molecule has 25 heavy (non-hydrogen) atoms. The zero-order chi connectivity index (χ0) is 18.0. The first-order chi connectivity index (χ1) is 11.9. The van der Waals surface area contributed by atoms with Crippen LogP contribution in [0.1, 0.15) is 30.6 Å². The van der Waals surface area contributed by atoms with E-state index in [9.17, 15) is 18.3 Å². The van der Waals surface area contributed by atoms with Gasteiger partial charge in [-0.05, 0) is 36.2 Å². The highest BCUT2D eigenvalue weighted by atomic mass is 19.4. The quantitative estimate of drug-likeness (QED) is 0.696. The molecule has 2 N–H and O–H groups in total. The van der Waals surface area contributed by atoms with E-state index in [-0.39, 0.29) is 6.01 Å². The number of benzene rings is 2. The molecule has 3 aromatic rings. The molecule has 2 aromatic carbocycles. The van der Waals surface area contributed by atoms with Crippen LogP contribution >= 0.6 is 0 Å². The first kappa shape index (κ1) is 17.3. The Labute approximate surface area is 142 Å². The van der Waals surface area contributed by atoms with Gasteiger partial charge in [-0.1, -0.05) is 31.2 Å². The smallest absolute Gasteiger partial charge is 0.416 e. The molecule has 0 saturated heterocycles. The minimum absolute atomic E-state index is 0.263. The fraction of sp³-hybridized carbons (Fsp3) is 0.278. The summed E-state index contributed by atoms with van der Waals surface area (Å²) in [6.07, 6.45) is -4.87. The van der Waals surface area contributed by atoms with Crippen LogP contribution in [0, 0.1) is 0 Å². The SMILES string of the molecule is CCC(Nc1nc2ccccc2o1)C(O)c1ccc(C(F)(F)F)cc1. The van der Waals surface area contributed by atoms with Gasteiger partial charge in [0.15, 0.2) is 5.58 Å². The summed E-state index contributed by atoms with van der Waals surface area (Å²) in [6.45, 7) is 1.85.